The molecule has 6 nitrogen and oxygen atoms in total. The quantitative estimate of drug-likeness (QED) is 0.802. The maximum atomic E-state index is 12.2. The lowest BCUT2D eigenvalue weighted by molar-refractivity contribution is -0.144. The lowest BCUT2D eigenvalue weighted by atomic mass is 10.2. The molecule has 7 heteroatoms. The number of aryl methyl sites for hydroxylation is 1. The summed E-state index contributed by atoms with van der Waals surface area (Å²) in [5.41, 5.74) is 6.96. The highest BCUT2D eigenvalue weighted by Gasteiger charge is 2.25. The highest BCUT2D eigenvalue weighted by atomic mass is 35.5. The van der Waals surface area contributed by atoms with Crippen LogP contribution < -0.4 is 11.1 Å². The second-order valence-electron chi connectivity index (χ2n) is 5.34. The van der Waals surface area contributed by atoms with Crippen molar-refractivity contribution in [1.29, 1.82) is 0 Å². The van der Waals surface area contributed by atoms with Crippen LogP contribution in [0.2, 0.25) is 5.02 Å². The monoisotopic (exact) mass is 324 g/mol. The molecular formula is C15H21ClN4O2. The average molecular weight is 325 g/mol. The Labute approximate surface area is 135 Å². The molecule has 1 aliphatic rings. The van der Waals surface area contributed by atoms with Crippen LogP contribution in [-0.4, -0.2) is 60.9 Å². The van der Waals surface area contributed by atoms with Crippen LogP contribution in [0.15, 0.2) is 18.2 Å². The minimum absolute atomic E-state index is 0.510. The highest BCUT2D eigenvalue weighted by Crippen LogP contribution is 2.20. The standard InChI is InChI=1S/C15H21ClN4O2/c1-11-2-3-12(10-13(11)16)18-14(21)15(22)20-8-6-19(5-4-17)7-9-20/h2-3,10H,4-9,17H2,1H3,(H,18,21). The minimum atomic E-state index is -0.632. The van der Waals surface area contributed by atoms with E-state index in [1.54, 1.807) is 23.1 Å². The van der Waals surface area contributed by atoms with Crippen LogP contribution in [-0.2, 0) is 9.59 Å². The van der Waals surface area contributed by atoms with Gasteiger partial charge in [-0.1, -0.05) is 17.7 Å². The van der Waals surface area contributed by atoms with Crippen molar-refractivity contribution >= 4 is 29.1 Å². The molecule has 1 fully saturated rings. The zero-order chi connectivity index (χ0) is 16.1. The maximum Gasteiger partial charge on any atom is 0.313 e. The van der Waals surface area contributed by atoms with Crippen molar-refractivity contribution in [2.75, 3.05) is 44.6 Å². The maximum absolute atomic E-state index is 12.2. The summed E-state index contributed by atoms with van der Waals surface area (Å²) in [5, 5.41) is 3.15. The van der Waals surface area contributed by atoms with E-state index >= 15 is 0 Å². The van der Waals surface area contributed by atoms with Gasteiger partial charge in [0.05, 0.1) is 0 Å². The molecule has 0 atom stereocenters. The fourth-order valence-corrected chi connectivity index (χ4v) is 2.54. The third-order valence-electron chi connectivity index (χ3n) is 3.73. The van der Waals surface area contributed by atoms with Gasteiger partial charge in [0.2, 0.25) is 0 Å². The molecule has 0 aliphatic carbocycles. The number of carbonyl (C=O) groups is 2. The van der Waals surface area contributed by atoms with Crippen LogP contribution >= 0.6 is 11.6 Å². The summed E-state index contributed by atoms with van der Waals surface area (Å²) in [6.45, 7) is 5.86. The molecule has 2 rings (SSSR count). The summed E-state index contributed by atoms with van der Waals surface area (Å²) in [4.78, 5) is 27.9. The first-order chi connectivity index (χ1) is 10.5. The van der Waals surface area contributed by atoms with Gasteiger partial charge in [0.15, 0.2) is 0 Å². The molecule has 1 aromatic carbocycles. The summed E-state index contributed by atoms with van der Waals surface area (Å²) in [5.74, 6) is -1.14. The van der Waals surface area contributed by atoms with Gasteiger partial charge < -0.3 is 16.0 Å². The Balaban J connectivity index is 1.90. The van der Waals surface area contributed by atoms with E-state index < -0.39 is 11.8 Å². The number of nitrogens with two attached hydrogens (primary N) is 1. The van der Waals surface area contributed by atoms with E-state index in [9.17, 15) is 9.59 Å². The number of halogens is 1. The van der Waals surface area contributed by atoms with E-state index in [2.05, 4.69) is 10.2 Å². The summed E-state index contributed by atoms with van der Waals surface area (Å²) in [6, 6.07) is 5.17. The van der Waals surface area contributed by atoms with Crippen LogP contribution in [0.25, 0.3) is 0 Å². The van der Waals surface area contributed by atoms with Crippen LogP contribution in [0.1, 0.15) is 5.56 Å². The first-order valence-electron chi connectivity index (χ1n) is 7.30. The largest absolute Gasteiger partial charge is 0.332 e. The van der Waals surface area contributed by atoms with Gasteiger partial charge in [0, 0.05) is 50.0 Å². The summed E-state index contributed by atoms with van der Waals surface area (Å²) in [6.07, 6.45) is 0. The van der Waals surface area contributed by atoms with Crippen molar-refractivity contribution in [2.45, 2.75) is 6.92 Å². The number of hydrogen-bond acceptors (Lipinski definition) is 4. The Hall–Kier alpha value is -1.63. The average Bonchev–Trinajstić information content (AvgIpc) is 2.51. The molecule has 1 aliphatic heterocycles. The van der Waals surface area contributed by atoms with Crippen molar-refractivity contribution in [2.24, 2.45) is 5.73 Å². The van der Waals surface area contributed by atoms with Crippen LogP contribution in [0.4, 0.5) is 5.69 Å². The van der Waals surface area contributed by atoms with E-state index in [1.165, 1.54) is 0 Å². The van der Waals surface area contributed by atoms with Crippen molar-refractivity contribution < 1.29 is 9.59 Å². The van der Waals surface area contributed by atoms with Gasteiger partial charge in [-0.2, -0.15) is 0 Å². The van der Waals surface area contributed by atoms with Gasteiger partial charge in [-0.25, -0.2) is 0 Å². The zero-order valence-corrected chi connectivity index (χ0v) is 13.4. The second kappa shape index (κ2) is 7.58. The lowest BCUT2D eigenvalue weighted by Crippen LogP contribution is -2.52. The third kappa shape index (κ3) is 4.19. The number of piperazine rings is 1. The van der Waals surface area contributed by atoms with Gasteiger partial charge in [-0.3, -0.25) is 14.5 Å². The van der Waals surface area contributed by atoms with Crippen molar-refractivity contribution in [3.05, 3.63) is 28.8 Å². The predicted octanol–water partition coefficient (Wildman–Crippen LogP) is 0.690. The van der Waals surface area contributed by atoms with Crippen molar-refractivity contribution in [1.82, 2.24) is 9.80 Å². The Kier molecular flexibility index (Phi) is 5.76. The van der Waals surface area contributed by atoms with E-state index in [0.29, 0.717) is 30.3 Å². The Morgan fingerprint density at radius 1 is 1.27 bits per heavy atom. The van der Waals surface area contributed by atoms with E-state index in [1.807, 2.05) is 6.92 Å². The Morgan fingerprint density at radius 3 is 2.55 bits per heavy atom. The fraction of sp³-hybridized carbons (Fsp3) is 0.467. The molecule has 1 saturated heterocycles. The number of rotatable bonds is 3. The molecule has 120 valence electrons. The van der Waals surface area contributed by atoms with E-state index in [0.717, 1.165) is 25.2 Å². The Bertz CT molecular complexity index is 556. The molecule has 0 saturated carbocycles. The summed E-state index contributed by atoms with van der Waals surface area (Å²) >= 11 is 6.01. The molecule has 1 heterocycles. The first kappa shape index (κ1) is 16.7. The number of nitrogens with zero attached hydrogens (tertiary/aromatic N) is 2. The number of carbonyl (C=O) groups excluding carboxylic acids is 2. The summed E-state index contributed by atoms with van der Waals surface area (Å²) < 4.78 is 0. The van der Waals surface area contributed by atoms with Gasteiger partial charge in [0.1, 0.15) is 0 Å². The SMILES string of the molecule is Cc1ccc(NC(=O)C(=O)N2CCN(CCN)CC2)cc1Cl. The van der Waals surface area contributed by atoms with Crippen LogP contribution in [0, 0.1) is 6.92 Å². The first-order valence-corrected chi connectivity index (χ1v) is 7.68. The highest BCUT2D eigenvalue weighted by molar-refractivity contribution is 6.39. The Morgan fingerprint density at radius 2 is 1.95 bits per heavy atom. The smallest absolute Gasteiger partial charge is 0.313 e. The molecule has 0 radical (unpaired) electrons. The predicted molar refractivity (Wildman–Crippen MR) is 86.9 cm³/mol. The minimum Gasteiger partial charge on any atom is -0.332 e. The molecule has 3 N–H and O–H groups in total. The number of hydrogen-bond donors (Lipinski definition) is 2. The molecule has 0 bridgehead atoms. The second-order valence-corrected chi connectivity index (χ2v) is 5.75. The van der Waals surface area contributed by atoms with Gasteiger partial charge in [-0.05, 0) is 24.6 Å². The molecule has 22 heavy (non-hydrogen) atoms. The zero-order valence-electron chi connectivity index (χ0n) is 12.6. The number of benzene rings is 1. The molecule has 0 aromatic heterocycles. The fourth-order valence-electron chi connectivity index (χ4n) is 2.36. The number of nitrogens with one attached hydrogen (secondary N) is 1. The van der Waals surface area contributed by atoms with Crippen molar-refractivity contribution in [3.8, 4) is 0 Å². The third-order valence-corrected chi connectivity index (χ3v) is 4.14. The molecule has 0 spiro atoms. The van der Waals surface area contributed by atoms with Crippen molar-refractivity contribution in [3.63, 3.8) is 0 Å². The molecule has 2 amide bonds. The molecular weight excluding hydrogens is 304 g/mol. The van der Waals surface area contributed by atoms with Crippen LogP contribution in [0.5, 0.6) is 0 Å². The number of anilines is 1. The number of amides is 2. The lowest BCUT2D eigenvalue weighted by Gasteiger charge is -2.34. The molecule has 1 aromatic rings. The molecule has 0 unspecified atom stereocenters. The normalized spacial score (nSPS) is 15.7. The summed E-state index contributed by atoms with van der Waals surface area (Å²) in [7, 11) is 0. The van der Waals surface area contributed by atoms with Gasteiger partial charge >= 0.3 is 11.8 Å². The van der Waals surface area contributed by atoms with E-state index in [4.69, 9.17) is 17.3 Å². The van der Waals surface area contributed by atoms with E-state index in [-0.39, 0.29) is 0 Å². The van der Waals surface area contributed by atoms with Gasteiger partial charge in [-0.15, -0.1) is 0 Å². The van der Waals surface area contributed by atoms with Gasteiger partial charge in [0.25, 0.3) is 0 Å². The topological polar surface area (TPSA) is 78.7 Å². The van der Waals surface area contributed by atoms with Crippen LogP contribution in [0.3, 0.4) is 0 Å².